The quantitative estimate of drug-likeness (QED) is 0.287. The number of amides is 2. The minimum Gasteiger partial charge on any atom is -0.512 e. The van der Waals surface area contributed by atoms with E-state index in [0.29, 0.717) is 17.5 Å². The second-order valence-corrected chi connectivity index (χ2v) is 16.6. The lowest BCUT2D eigenvalue weighted by Gasteiger charge is -2.25. The van der Waals surface area contributed by atoms with E-state index < -0.39 is 31.2 Å². The number of allylic oxidation sites excluding steroid dienone is 1. The highest BCUT2D eigenvalue weighted by Crippen LogP contribution is 2.32. The molecule has 0 aliphatic heterocycles. The molecule has 0 spiro atoms. The molecule has 11 heteroatoms. The Kier molecular flexibility index (Phi) is 9.73. The van der Waals surface area contributed by atoms with Gasteiger partial charge in [0.2, 0.25) is 0 Å². The van der Waals surface area contributed by atoms with Crippen molar-refractivity contribution < 1.29 is 27.9 Å². The number of nitrogens with one attached hydrogen (secondary N) is 2. The maximum Gasteiger partial charge on any atom is 0.416 e. The van der Waals surface area contributed by atoms with Crippen LogP contribution >= 0.6 is 11.1 Å². The lowest BCUT2D eigenvalue weighted by atomic mass is 9.87. The normalized spacial score (nSPS) is 14.8. The van der Waals surface area contributed by atoms with Gasteiger partial charge in [-0.1, -0.05) is 37.8 Å². The van der Waals surface area contributed by atoms with Crippen LogP contribution in [0.15, 0.2) is 59.9 Å². The van der Waals surface area contributed by atoms with Crippen LogP contribution in [0.3, 0.4) is 0 Å². The van der Waals surface area contributed by atoms with Crippen LogP contribution in [0, 0.1) is 11.3 Å². The number of hydrogen-bond acceptors (Lipinski definition) is 4. The Morgan fingerprint density at radius 1 is 1.14 bits per heavy atom. The standard InChI is InChI=1S/C22H18F3N3O3.C3H9ClSi/c23-22(24,25)15-3-1-4-16(11-15)27-21(31)28-20(14-9-7-13(12-26)8-10-14)19-17(29)5-2-6-18(19)30;1-5(2,3)4/h1,3-4,7-11,20,29H,2,5-6H2,(H2,27,28,31);1-3H3. The van der Waals surface area contributed by atoms with Gasteiger partial charge in [-0.25, -0.2) is 4.79 Å². The van der Waals surface area contributed by atoms with Gasteiger partial charge in [-0.3, -0.25) is 4.79 Å². The minimum atomic E-state index is -4.57. The number of urea groups is 1. The molecule has 0 radical (unpaired) electrons. The van der Waals surface area contributed by atoms with Gasteiger partial charge in [0.1, 0.15) is 13.1 Å². The van der Waals surface area contributed by atoms with Crippen LogP contribution in [-0.2, 0) is 11.0 Å². The molecule has 0 saturated heterocycles. The number of aliphatic hydroxyl groups excluding tert-OH is 1. The van der Waals surface area contributed by atoms with Crippen molar-refractivity contribution >= 4 is 36.0 Å². The first-order valence-electron chi connectivity index (χ1n) is 11.1. The minimum absolute atomic E-state index is 0.0233. The number of carbonyl (C=O) groups is 2. The van der Waals surface area contributed by atoms with Crippen LogP contribution in [0.25, 0.3) is 0 Å². The zero-order chi connectivity index (χ0) is 27.1. The Hall–Kier alpha value is -3.29. The summed E-state index contributed by atoms with van der Waals surface area (Å²) in [5.74, 6) is -0.484. The third-order valence-electron chi connectivity index (χ3n) is 4.81. The smallest absolute Gasteiger partial charge is 0.416 e. The summed E-state index contributed by atoms with van der Waals surface area (Å²) < 4.78 is 38.7. The third-order valence-corrected chi connectivity index (χ3v) is 4.81. The number of carbonyl (C=O) groups excluding carboxylic acids is 2. The summed E-state index contributed by atoms with van der Waals surface area (Å²) in [5.41, 5.74) is -0.176. The monoisotopic (exact) mass is 537 g/mol. The molecular weight excluding hydrogens is 511 g/mol. The summed E-state index contributed by atoms with van der Waals surface area (Å²) in [7, 11) is -1.14. The van der Waals surface area contributed by atoms with E-state index in [-0.39, 0.29) is 35.6 Å². The number of rotatable bonds is 4. The van der Waals surface area contributed by atoms with Gasteiger partial charge in [0.05, 0.1) is 28.8 Å². The topological polar surface area (TPSA) is 102 Å². The molecule has 0 bridgehead atoms. The molecule has 2 aromatic rings. The highest BCUT2D eigenvalue weighted by atomic mass is 35.6. The summed E-state index contributed by atoms with van der Waals surface area (Å²) in [6.07, 6.45) is -3.62. The molecule has 0 aromatic heterocycles. The third kappa shape index (κ3) is 9.05. The van der Waals surface area contributed by atoms with Crippen molar-refractivity contribution in [3.8, 4) is 6.07 Å². The number of aliphatic hydroxyl groups is 1. The fourth-order valence-electron chi connectivity index (χ4n) is 3.32. The highest BCUT2D eigenvalue weighted by molar-refractivity contribution is 7.18. The largest absolute Gasteiger partial charge is 0.512 e. The number of alkyl halides is 3. The molecule has 0 saturated carbocycles. The molecule has 1 aliphatic rings. The van der Waals surface area contributed by atoms with Crippen LogP contribution in [0.2, 0.25) is 19.6 Å². The summed E-state index contributed by atoms with van der Waals surface area (Å²) in [6.45, 7) is 6.28. The van der Waals surface area contributed by atoms with Gasteiger partial charge in [-0.2, -0.15) is 29.5 Å². The van der Waals surface area contributed by atoms with Gasteiger partial charge in [0, 0.05) is 18.5 Å². The van der Waals surface area contributed by atoms with Gasteiger partial charge in [-0.15, -0.1) is 0 Å². The lowest BCUT2D eigenvalue weighted by molar-refractivity contribution is -0.137. The Morgan fingerprint density at radius 2 is 1.75 bits per heavy atom. The maximum absolute atomic E-state index is 12.9. The van der Waals surface area contributed by atoms with E-state index in [1.54, 1.807) is 0 Å². The second kappa shape index (κ2) is 12.1. The molecule has 0 heterocycles. The first-order chi connectivity index (χ1) is 16.7. The second-order valence-electron chi connectivity index (χ2n) is 9.05. The molecule has 3 N–H and O–H groups in total. The molecular formula is C25H27ClF3N3O3Si. The zero-order valence-corrected chi connectivity index (χ0v) is 21.8. The van der Waals surface area contributed by atoms with Crippen molar-refractivity contribution in [1.29, 1.82) is 5.26 Å². The predicted octanol–water partition coefficient (Wildman–Crippen LogP) is 7.07. The molecule has 2 amide bonds. The van der Waals surface area contributed by atoms with Crippen molar-refractivity contribution in [2.24, 2.45) is 0 Å². The summed E-state index contributed by atoms with van der Waals surface area (Å²) >= 11 is 5.67. The summed E-state index contributed by atoms with van der Waals surface area (Å²) in [5, 5.41) is 24.2. The number of benzene rings is 2. The Morgan fingerprint density at radius 3 is 2.28 bits per heavy atom. The first kappa shape index (κ1) is 28.9. The number of nitriles is 1. The van der Waals surface area contributed by atoms with Crippen LogP contribution in [0.5, 0.6) is 0 Å². The highest BCUT2D eigenvalue weighted by Gasteiger charge is 2.32. The summed E-state index contributed by atoms with van der Waals surface area (Å²) in [4.78, 5) is 25.0. The van der Waals surface area contributed by atoms with Gasteiger partial charge in [-0.05, 0) is 42.3 Å². The SMILES string of the molecule is C[Si](C)(C)Cl.N#Cc1ccc(C(NC(=O)Nc2cccc(C(F)(F)F)c2)C2=C(O)CCCC2=O)cc1. The number of ketones is 1. The van der Waals surface area contributed by atoms with Crippen molar-refractivity contribution in [1.82, 2.24) is 5.32 Å². The molecule has 1 unspecified atom stereocenters. The molecule has 2 aromatic carbocycles. The first-order valence-corrected chi connectivity index (χ1v) is 15.6. The molecule has 1 aliphatic carbocycles. The molecule has 3 rings (SSSR count). The average molecular weight is 538 g/mol. The number of halogens is 4. The van der Waals surface area contributed by atoms with E-state index in [0.717, 1.165) is 18.2 Å². The molecule has 1 atom stereocenters. The van der Waals surface area contributed by atoms with Crippen molar-refractivity contribution in [3.63, 3.8) is 0 Å². The lowest BCUT2D eigenvalue weighted by Crippen LogP contribution is -2.36. The Balaban J connectivity index is 0.000000830. The number of anilines is 1. The maximum atomic E-state index is 12.9. The van der Waals surface area contributed by atoms with Crippen molar-refractivity contribution in [2.75, 3.05) is 5.32 Å². The van der Waals surface area contributed by atoms with Crippen molar-refractivity contribution in [3.05, 3.63) is 76.6 Å². The number of hydrogen-bond donors (Lipinski definition) is 3. The van der Waals surface area contributed by atoms with E-state index in [2.05, 4.69) is 30.3 Å². The summed E-state index contributed by atoms with van der Waals surface area (Å²) in [6, 6.07) is 10.3. The zero-order valence-electron chi connectivity index (χ0n) is 20.0. The average Bonchev–Trinajstić information content (AvgIpc) is 2.77. The number of Topliss-reactive ketones (excluding diaryl/α,β-unsaturated/α-hetero) is 1. The van der Waals surface area contributed by atoms with Crippen LogP contribution in [-0.4, -0.2) is 24.3 Å². The van der Waals surface area contributed by atoms with E-state index >= 15 is 0 Å². The molecule has 0 fully saturated rings. The Labute approximate surface area is 213 Å². The van der Waals surface area contributed by atoms with Gasteiger partial charge < -0.3 is 15.7 Å². The van der Waals surface area contributed by atoms with Crippen molar-refractivity contribution in [2.45, 2.75) is 51.1 Å². The van der Waals surface area contributed by atoms with Crippen LogP contribution < -0.4 is 10.6 Å². The van der Waals surface area contributed by atoms with Crippen LogP contribution in [0.4, 0.5) is 23.7 Å². The van der Waals surface area contributed by atoms with Gasteiger partial charge in [0.25, 0.3) is 0 Å². The van der Waals surface area contributed by atoms with Gasteiger partial charge >= 0.3 is 12.2 Å². The number of nitrogens with zero attached hydrogens (tertiary/aromatic N) is 1. The Bertz CT molecular complexity index is 1160. The van der Waals surface area contributed by atoms with E-state index in [1.807, 2.05) is 6.07 Å². The van der Waals surface area contributed by atoms with Crippen LogP contribution in [0.1, 0.15) is 42.0 Å². The fourth-order valence-corrected chi connectivity index (χ4v) is 3.32. The fraction of sp³-hybridized carbons (Fsp3) is 0.320. The van der Waals surface area contributed by atoms with E-state index in [4.69, 9.17) is 16.3 Å². The van der Waals surface area contributed by atoms with E-state index in [9.17, 15) is 27.9 Å². The van der Waals surface area contributed by atoms with Gasteiger partial charge in [0.15, 0.2) is 5.78 Å². The van der Waals surface area contributed by atoms with E-state index in [1.165, 1.54) is 30.3 Å². The molecule has 6 nitrogen and oxygen atoms in total. The predicted molar refractivity (Wildman–Crippen MR) is 135 cm³/mol. The molecule has 36 heavy (non-hydrogen) atoms. The molecule has 192 valence electrons.